The van der Waals surface area contributed by atoms with Crippen molar-refractivity contribution in [2.75, 3.05) is 19.7 Å². The number of rotatable bonds is 8. The zero-order valence-electron chi connectivity index (χ0n) is 20.5. The van der Waals surface area contributed by atoms with Gasteiger partial charge in [0.1, 0.15) is 24.1 Å². The van der Waals surface area contributed by atoms with E-state index in [1.807, 2.05) is 19.1 Å². The third-order valence-electron chi connectivity index (χ3n) is 7.27. The van der Waals surface area contributed by atoms with E-state index in [2.05, 4.69) is 5.32 Å². The van der Waals surface area contributed by atoms with E-state index in [4.69, 9.17) is 5.11 Å². The number of carbonyl (C=O) groups is 2. The van der Waals surface area contributed by atoms with Crippen molar-refractivity contribution in [2.45, 2.75) is 37.6 Å². The predicted molar refractivity (Wildman–Crippen MR) is 134 cm³/mol. The molecule has 1 fully saturated rings. The van der Waals surface area contributed by atoms with Crippen LogP contribution in [0.2, 0.25) is 0 Å². The Bertz CT molecular complexity index is 1260. The van der Waals surface area contributed by atoms with Crippen molar-refractivity contribution in [2.24, 2.45) is 0 Å². The first kappa shape index (κ1) is 26.4. The lowest BCUT2D eigenvalue weighted by Gasteiger charge is -2.44. The fraction of sp³-hybridized carbons (Fsp3) is 0.310. The van der Waals surface area contributed by atoms with Crippen LogP contribution < -0.4 is 5.32 Å². The number of nitrogens with zero attached hydrogens (tertiary/aromatic N) is 1. The first-order valence-electron chi connectivity index (χ1n) is 12.2. The zero-order chi connectivity index (χ0) is 26.6. The second-order valence-electron chi connectivity index (χ2n) is 9.48. The van der Waals surface area contributed by atoms with Crippen LogP contribution in [0.4, 0.5) is 13.2 Å². The molecule has 2 N–H and O–H groups in total. The number of aliphatic hydroxyl groups excluding tert-OH is 1. The molecule has 2 amide bonds. The van der Waals surface area contributed by atoms with E-state index in [1.54, 1.807) is 29.2 Å². The van der Waals surface area contributed by atoms with Crippen molar-refractivity contribution in [1.29, 1.82) is 0 Å². The van der Waals surface area contributed by atoms with Crippen LogP contribution >= 0.6 is 0 Å². The summed E-state index contributed by atoms with van der Waals surface area (Å²) in [6, 6.07) is 16.5. The molecule has 4 rings (SSSR count). The standard InChI is InChI=1S/C29H29F3N2O3/c1-19(20-2-4-21(5-3-20)25-11-10-24(31)16-26(25)32)34-15-13-29(17-28(34)37,12-14-33-27(36)18-35)22-6-8-23(30)9-7-22/h2-11,16,19,35H,12-15,17-18H2,1H3,(H,33,36)/t19-,29+/m0/s1. The van der Waals surface area contributed by atoms with Crippen LogP contribution in [-0.2, 0) is 15.0 Å². The van der Waals surface area contributed by atoms with Crippen LogP contribution in [0.1, 0.15) is 43.4 Å². The lowest BCUT2D eigenvalue weighted by Crippen LogP contribution is -2.48. The minimum atomic E-state index is -0.640. The molecule has 0 spiro atoms. The van der Waals surface area contributed by atoms with Gasteiger partial charge in [-0.2, -0.15) is 0 Å². The van der Waals surface area contributed by atoms with Crippen LogP contribution in [0.3, 0.4) is 0 Å². The number of halogens is 3. The third kappa shape index (κ3) is 5.85. The van der Waals surface area contributed by atoms with Crippen LogP contribution in [0.25, 0.3) is 11.1 Å². The molecule has 2 atom stereocenters. The van der Waals surface area contributed by atoms with E-state index in [0.29, 0.717) is 30.5 Å². The summed E-state index contributed by atoms with van der Waals surface area (Å²) in [7, 11) is 0. The summed E-state index contributed by atoms with van der Waals surface area (Å²) in [5.41, 5.74) is 2.04. The summed E-state index contributed by atoms with van der Waals surface area (Å²) in [4.78, 5) is 26.7. The number of amides is 2. The molecule has 0 unspecified atom stereocenters. The van der Waals surface area contributed by atoms with Crippen molar-refractivity contribution in [3.63, 3.8) is 0 Å². The van der Waals surface area contributed by atoms with Crippen LogP contribution in [0.5, 0.6) is 0 Å². The number of hydrogen-bond acceptors (Lipinski definition) is 3. The van der Waals surface area contributed by atoms with Crippen molar-refractivity contribution in [3.05, 3.63) is 95.3 Å². The molecule has 8 heteroatoms. The molecule has 0 radical (unpaired) electrons. The van der Waals surface area contributed by atoms with Gasteiger partial charge in [-0.15, -0.1) is 0 Å². The number of aliphatic hydroxyl groups is 1. The van der Waals surface area contributed by atoms with E-state index in [9.17, 15) is 22.8 Å². The molecule has 1 saturated heterocycles. The highest BCUT2D eigenvalue weighted by atomic mass is 19.1. The average molecular weight is 511 g/mol. The first-order chi connectivity index (χ1) is 17.7. The second kappa shape index (κ2) is 11.2. The molecule has 0 aromatic heterocycles. The van der Waals surface area contributed by atoms with Gasteiger partial charge in [0, 0.05) is 36.6 Å². The Morgan fingerprint density at radius 1 is 1.03 bits per heavy atom. The number of benzene rings is 3. The Hall–Kier alpha value is -3.65. The Kier molecular flexibility index (Phi) is 7.97. The van der Waals surface area contributed by atoms with E-state index >= 15 is 0 Å². The monoisotopic (exact) mass is 510 g/mol. The van der Waals surface area contributed by atoms with Crippen molar-refractivity contribution in [3.8, 4) is 11.1 Å². The van der Waals surface area contributed by atoms with E-state index < -0.39 is 29.6 Å². The quantitative estimate of drug-likeness (QED) is 0.453. The van der Waals surface area contributed by atoms with Gasteiger partial charge in [-0.3, -0.25) is 9.59 Å². The topological polar surface area (TPSA) is 69.6 Å². The molecule has 5 nitrogen and oxygen atoms in total. The lowest BCUT2D eigenvalue weighted by molar-refractivity contribution is -0.138. The fourth-order valence-electron chi connectivity index (χ4n) is 5.10. The summed E-state index contributed by atoms with van der Waals surface area (Å²) in [6.07, 6.45) is 1.27. The summed E-state index contributed by atoms with van der Waals surface area (Å²) >= 11 is 0. The maximum absolute atomic E-state index is 14.2. The van der Waals surface area contributed by atoms with Gasteiger partial charge in [-0.1, -0.05) is 36.4 Å². The summed E-state index contributed by atoms with van der Waals surface area (Å²) in [5.74, 6) is -2.20. The highest BCUT2D eigenvalue weighted by molar-refractivity contribution is 5.80. The number of piperidine rings is 1. The molecule has 37 heavy (non-hydrogen) atoms. The van der Waals surface area contributed by atoms with Gasteiger partial charge in [0.05, 0.1) is 6.04 Å². The molecule has 3 aromatic carbocycles. The van der Waals surface area contributed by atoms with Crippen molar-refractivity contribution < 1.29 is 27.9 Å². The average Bonchev–Trinajstić information content (AvgIpc) is 2.89. The van der Waals surface area contributed by atoms with Crippen LogP contribution in [0, 0.1) is 17.5 Å². The van der Waals surface area contributed by atoms with Gasteiger partial charge in [0.2, 0.25) is 11.8 Å². The van der Waals surface area contributed by atoms with Crippen LogP contribution in [-0.4, -0.2) is 41.5 Å². The maximum Gasteiger partial charge on any atom is 0.245 e. The molecule has 3 aromatic rings. The normalized spacial score (nSPS) is 18.5. The largest absolute Gasteiger partial charge is 0.387 e. The molecule has 0 bridgehead atoms. The lowest BCUT2D eigenvalue weighted by atomic mass is 9.70. The molecular weight excluding hydrogens is 481 g/mol. The van der Waals surface area contributed by atoms with E-state index in [-0.39, 0.29) is 30.7 Å². The molecule has 1 aliphatic heterocycles. The predicted octanol–water partition coefficient (Wildman–Crippen LogP) is 4.89. The van der Waals surface area contributed by atoms with Gasteiger partial charge >= 0.3 is 0 Å². The molecule has 1 heterocycles. The van der Waals surface area contributed by atoms with Crippen molar-refractivity contribution in [1.82, 2.24) is 10.2 Å². The summed E-state index contributed by atoms with van der Waals surface area (Å²) in [5, 5.41) is 11.6. The van der Waals surface area contributed by atoms with Gasteiger partial charge in [0.15, 0.2) is 0 Å². The fourth-order valence-corrected chi connectivity index (χ4v) is 5.10. The van der Waals surface area contributed by atoms with E-state index in [1.165, 1.54) is 24.3 Å². The SMILES string of the molecule is C[C@@H](c1ccc(-c2ccc(F)cc2F)cc1)N1CC[C@@](CCNC(=O)CO)(c2ccc(F)cc2)CC1=O. The van der Waals surface area contributed by atoms with Crippen LogP contribution in [0.15, 0.2) is 66.7 Å². The van der Waals surface area contributed by atoms with Gasteiger partial charge in [-0.05, 0) is 60.7 Å². The number of hydrogen-bond donors (Lipinski definition) is 2. The third-order valence-corrected chi connectivity index (χ3v) is 7.27. The molecule has 1 aliphatic rings. The van der Waals surface area contributed by atoms with Crippen molar-refractivity contribution >= 4 is 11.8 Å². The highest BCUT2D eigenvalue weighted by Crippen LogP contribution is 2.41. The highest BCUT2D eigenvalue weighted by Gasteiger charge is 2.41. The summed E-state index contributed by atoms with van der Waals surface area (Å²) in [6.45, 7) is 2.05. The number of likely N-dealkylation sites (tertiary alicyclic amines) is 1. The van der Waals surface area contributed by atoms with Gasteiger partial charge in [0.25, 0.3) is 0 Å². The molecule has 0 saturated carbocycles. The first-order valence-corrected chi connectivity index (χ1v) is 12.2. The Morgan fingerprint density at radius 2 is 1.70 bits per heavy atom. The summed E-state index contributed by atoms with van der Waals surface area (Å²) < 4.78 is 41.0. The number of carbonyl (C=O) groups excluding carboxylic acids is 2. The Balaban J connectivity index is 1.51. The molecule has 0 aliphatic carbocycles. The molecular formula is C29H29F3N2O3. The smallest absolute Gasteiger partial charge is 0.245 e. The Morgan fingerprint density at radius 3 is 2.32 bits per heavy atom. The minimum absolute atomic E-state index is 0.0646. The second-order valence-corrected chi connectivity index (χ2v) is 9.48. The zero-order valence-corrected chi connectivity index (χ0v) is 20.5. The van der Waals surface area contributed by atoms with Gasteiger partial charge < -0.3 is 15.3 Å². The number of nitrogens with one attached hydrogen (secondary N) is 1. The minimum Gasteiger partial charge on any atom is -0.387 e. The van der Waals surface area contributed by atoms with Gasteiger partial charge in [-0.25, -0.2) is 13.2 Å². The molecule has 194 valence electrons. The van der Waals surface area contributed by atoms with E-state index in [0.717, 1.165) is 17.2 Å². The maximum atomic E-state index is 14.2. The Labute approximate surface area is 213 Å².